The van der Waals surface area contributed by atoms with Gasteiger partial charge in [0, 0.05) is 23.7 Å². The number of thioether (sulfide) groups is 1. The first kappa shape index (κ1) is 12.5. The number of nitriles is 1. The molecule has 0 saturated carbocycles. The van der Waals surface area contributed by atoms with Crippen molar-refractivity contribution in [1.82, 2.24) is 9.97 Å². The largest absolute Gasteiger partial charge is 0.431 e. The van der Waals surface area contributed by atoms with Gasteiger partial charge in [-0.3, -0.25) is 0 Å². The molecule has 1 aromatic carbocycles. The number of oxazole rings is 1. The van der Waals surface area contributed by atoms with Gasteiger partial charge in [0.05, 0.1) is 0 Å². The molecule has 3 aromatic rings. The lowest BCUT2D eigenvalue weighted by Gasteiger charge is -1.97. The molecule has 6 heteroatoms. The zero-order chi connectivity index (χ0) is 13.9. The molecule has 0 saturated heterocycles. The molecule has 98 valence electrons. The van der Waals surface area contributed by atoms with E-state index in [1.165, 1.54) is 11.8 Å². The molecule has 0 radical (unpaired) electrons. The van der Waals surface area contributed by atoms with Crippen molar-refractivity contribution >= 4 is 28.5 Å². The van der Waals surface area contributed by atoms with Gasteiger partial charge < -0.3 is 10.2 Å². The predicted molar refractivity (Wildman–Crippen MR) is 76.9 cm³/mol. The van der Waals surface area contributed by atoms with Gasteiger partial charge in [0.2, 0.25) is 0 Å². The number of hydrogen-bond donors (Lipinski definition) is 1. The van der Waals surface area contributed by atoms with Crippen LogP contribution in [0.4, 0.5) is 5.69 Å². The number of hydrogen-bond acceptors (Lipinski definition) is 6. The summed E-state index contributed by atoms with van der Waals surface area (Å²) in [5.74, 6) is 0.666. The Morgan fingerprint density at radius 1 is 1.30 bits per heavy atom. The standard InChI is InChI=1S/C14H10N4OS/c15-7-11-5-9(3-4-17-11)8-20-14-18-12-2-1-10(16)6-13(12)19-14/h1-6H,8,16H2. The highest BCUT2D eigenvalue weighted by molar-refractivity contribution is 7.98. The normalized spacial score (nSPS) is 10.6. The molecule has 20 heavy (non-hydrogen) atoms. The molecule has 0 unspecified atom stereocenters. The third-order valence-corrected chi connectivity index (χ3v) is 3.59. The Morgan fingerprint density at radius 3 is 3.05 bits per heavy atom. The minimum Gasteiger partial charge on any atom is -0.431 e. The fourth-order valence-corrected chi connectivity index (χ4v) is 2.53. The van der Waals surface area contributed by atoms with Crippen LogP contribution >= 0.6 is 11.8 Å². The van der Waals surface area contributed by atoms with Gasteiger partial charge in [-0.25, -0.2) is 9.97 Å². The summed E-state index contributed by atoms with van der Waals surface area (Å²) in [6.45, 7) is 0. The minimum absolute atomic E-state index is 0.411. The van der Waals surface area contributed by atoms with Crippen molar-refractivity contribution in [1.29, 1.82) is 5.26 Å². The van der Waals surface area contributed by atoms with E-state index in [0.29, 0.717) is 27.9 Å². The summed E-state index contributed by atoms with van der Waals surface area (Å²) in [7, 11) is 0. The molecule has 3 rings (SSSR count). The maximum atomic E-state index is 8.81. The van der Waals surface area contributed by atoms with Crippen LogP contribution in [-0.4, -0.2) is 9.97 Å². The first-order valence-corrected chi connectivity index (χ1v) is 6.87. The van der Waals surface area contributed by atoms with Crippen LogP contribution in [0.2, 0.25) is 0 Å². The monoisotopic (exact) mass is 282 g/mol. The van der Waals surface area contributed by atoms with Crippen LogP contribution in [0.5, 0.6) is 0 Å². The van der Waals surface area contributed by atoms with Crippen molar-refractivity contribution in [2.45, 2.75) is 11.0 Å². The molecule has 0 fully saturated rings. The zero-order valence-corrected chi connectivity index (χ0v) is 11.2. The average molecular weight is 282 g/mol. The lowest BCUT2D eigenvalue weighted by Crippen LogP contribution is -1.86. The lowest BCUT2D eigenvalue weighted by molar-refractivity contribution is 0.489. The topological polar surface area (TPSA) is 88.7 Å². The predicted octanol–water partition coefficient (Wildman–Crippen LogP) is 2.97. The lowest BCUT2D eigenvalue weighted by atomic mass is 10.2. The molecular weight excluding hydrogens is 272 g/mol. The molecule has 0 atom stereocenters. The van der Waals surface area contributed by atoms with E-state index >= 15 is 0 Å². The Bertz CT molecular complexity index is 806. The van der Waals surface area contributed by atoms with Gasteiger partial charge in [-0.05, 0) is 29.8 Å². The Labute approximate surface area is 119 Å². The third kappa shape index (κ3) is 2.58. The van der Waals surface area contributed by atoms with E-state index in [1.807, 2.05) is 18.2 Å². The molecule has 2 N–H and O–H groups in total. The summed E-state index contributed by atoms with van der Waals surface area (Å²) in [6.07, 6.45) is 1.63. The molecule has 2 aromatic heterocycles. The highest BCUT2D eigenvalue weighted by Crippen LogP contribution is 2.27. The maximum Gasteiger partial charge on any atom is 0.257 e. The summed E-state index contributed by atoms with van der Waals surface area (Å²) < 4.78 is 5.62. The second-order valence-electron chi connectivity index (χ2n) is 4.16. The number of nitrogen functional groups attached to an aromatic ring is 1. The number of rotatable bonds is 3. The third-order valence-electron chi connectivity index (χ3n) is 2.69. The fraction of sp³-hybridized carbons (Fsp3) is 0.0714. The Balaban J connectivity index is 1.78. The van der Waals surface area contributed by atoms with Crippen LogP contribution < -0.4 is 5.73 Å². The van der Waals surface area contributed by atoms with Crippen LogP contribution in [-0.2, 0) is 5.75 Å². The molecule has 0 aliphatic rings. The van der Waals surface area contributed by atoms with Crippen LogP contribution in [0.3, 0.4) is 0 Å². The average Bonchev–Trinajstić information content (AvgIpc) is 2.87. The number of nitrogens with two attached hydrogens (primary N) is 1. The van der Waals surface area contributed by atoms with Gasteiger partial charge in [-0.15, -0.1) is 0 Å². The highest BCUT2D eigenvalue weighted by Gasteiger charge is 2.07. The van der Waals surface area contributed by atoms with E-state index in [0.717, 1.165) is 11.1 Å². The van der Waals surface area contributed by atoms with E-state index in [2.05, 4.69) is 9.97 Å². The highest BCUT2D eigenvalue weighted by atomic mass is 32.2. The fourth-order valence-electron chi connectivity index (χ4n) is 1.75. The van der Waals surface area contributed by atoms with Crippen molar-refractivity contribution in [2.75, 3.05) is 5.73 Å². The number of aromatic nitrogens is 2. The first-order chi connectivity index (χ1) is 9.74. The summed E-state index contributed by atoms with van der Waals surface area (Å²) in [5.41, 5.74) is 9.23. The second kappa shape index (κ2) is 5.23. The van der Waals surface area contributed by atoms with Gasteiger partial charge in [0.25, 0.3) is 5.22 Å². The summed E-state index contributed by atoms with van der Waals surface area (Å²) in [6, 6.07) is 11.0. The Kier molecular flexibility index (Phi) is 3.27. The quantitative estimate of drug-likeness (QED) is 0.587. The number of fused-ring (bicyclic) bond motifs is 1. The Hall–Kier alpha value is -2.52. The van der Waals surface area contributed by atoms with Crippen LogP contribution in [0.1, 0.15) is 11.3 Å². The molecule has 0 amide bonds. The smallest absolute Gasteiger partial charge is 0.257 e. The molecule has 0 spiro atoms. The number of pyridine rings is 1. The zero-order valence-electron chi connectivity index (χ0n) is 10.4. The first-order valence-electron chi connectivity index (χ1n) is 5.88. The van der Waals surface area contributed by atoms with Crippen LogP contribution in [0, 0.1) is 11.3 Å². The van der Waals surface area contributed by atoms with E-state index in [4.69, 9.17) is 15.4 Å². The van der Waals surface area contributed by atoms with Crippen molar-refractivity contribution in [2.24, 2.45) is 0 Å². The van der Waals surface area contributed by atoms with Crippen LogP contribution in [0.25, 0.3) is 11.1 Å². The van der Waals surface area contributed by atoms with E-state index in [9.17, 15) is 0 Å². The minimum atomic E-state index is 0.411. The SMILES string of the molecule is N#Cc1cc(CSc2nc3ccc(N)cc3o2)ccn1. The molecule has 0 aliphatic carbocycles. The molecule has 0 aliphatic heterocycles. The number of benzene rings is 1. The van der Waals surface area contributed by atoms with Gasteiger partial charge >= 0.3 is 0 Å². The van der Waals surface area contributed by atoms with Gasteiger partial charge in [0.1, 0.15) is 17.3 Å². The van der Waals surface area contributed by atoms with Crippen LogP contribution in [0.15, 0.2) is 46.2 Å². The number of nitrogens with zero attached hydrogens (tertiary/aromatic N) is 3. The number of anilines is 1. The van der Waals surface area contributed by atoms with Crippen molar-refractivity contribution < 1.29 is 4.42 Å². The van der Waals surface area contributed by atoms with Gasteiger partial charge in [0.15, 0.2) is 5.58 Å². The van der Waals surface area contributed by atoms with Crippen molar-refractivity contribution in [3.63, 3.8) is 0 Å². The van der Waals surface area contributed by atoms with Gasteiger partial charge in [-0.1, -0.05) is 11.8 Å². The van der Waals surface area contributed by atoms with E-state index < -0.39 is 0 Å². The summed E-state index contributed by atoms with van der Waals surface area (Å²) in [4.78, 5) is 8.31. The van der Waals surface area contributed by atoms with Crippen molar-refractivity contribution in [3.05, 3.63) is 47.8 Å². The molecule has 2 heterocycles. The summed E-state index contributed by atoms with van der Waals surface area (Å²) in [5, 5.41) is 9.39. The van der Waals surface area contributed by atoms with E-state index in [-0.39, 0.29) is 0 Å². The second-order valence-corrected chi connectivity index (χ2v) is 5.08. The Morgan fingerprint density at radius 2 is 2.20 bits per heavy atom. The van der Waals surface area contributed by atoms with Gasteiger partial charge in [-0.2, -0.15) is 5.26 Å². The molecule has 5 nitrogen and oxygen atoms in total. The summed E-state index contributed by atoms with van der Waals surface area (Å²) >= 11 is 1.47. The molecule has 0 bridgehead atoms. The van der Waals surface area contributed by atoms with E-state index in [1.54, 1.807) is 24.4 Å². The van der Waals surface area contributed by atoms with Crippen molar-refractivity contribution in [3.8, 4) is 6.07 Å². The maximum absolute atomic E-state index is 8.81. The molecular formula is C14H10N4OS.